The molecule has 0 aromatic heterocycles. The van der Waals surface area contributed by atoms with Crippen LogP contribution >= 0.6 is 0 Å². The van der Waals surface area contributed by atoms with Gasteiger partial charge in [-0.15, -0.1) is 0 Å². The van der Waals surface area contributed by atoms with E-state index in [-0.39, 0.29) is 0 Å². The van der Waals surface area contributed by atoms with Crippen molar-refractivity contribution in [2.75, 3.05) is 0 Å². The van der Waals surface area contributed by atoms with E-state index in [1.54, 1.807) is 0 Å². The van der Waals surface area contributed by atoms with Gasteiger partial charge in [-0.05, 0) is 103 Å². The molecule has 0 bridgehead atoms. The summed E-state index contributed by atoms with van der Waals surface area (Å²) in [5.41, 5.74) is 5.68. The van der Waals surface area contributed by atoms with Gasteiger partial charge in [0.1, 0.15) is 0 Å². The van der Waals surface area contributed by atoms with Crippen LogP contribution in [0.1, 0.15) is 126 Å². The lowest BCUT2D eigenvalue weighted by molar-refractivity contribution is 0.566. The molecule has 0 aromatic carbocycles. The van der Waals surface area contributed by atoms with Crippen LogP contribution in [0.2, 0.25) is 0 Å². The summed E-state index contributed by atoms with van der Waals surface area (Å²) in [6, 6.07) is 0. The Morgan fingerprint density at radius 1 is 0.333 bits per heavy atom. The molecule has 0 spiro atoms. The van der Waals surface area contributed by atoms with E-state index in [0.29, 0.717) is 49.7 Å². The quantitative estimate of drug-likeness (QED) is 0.395. The molecule has 4 saturated carbocycles. The molecular weight excluding hydrogens is 288 g/mol. The van der Waals surface area contributed by atoms with Crippen LogP contribution in [0.25, 0.3) is 0 Å². The molecule has 0 atom stereocenters. The van der Waals surface area contributed by atoms with Gasteiger partial charge in [-0.2, -0.15) is 0 Å². The van der Waals surface area contributed by atoms with Crippen molar-refractivity contribution < 1.29 is 11.0 Å². The Hall–Kier alpha value is -0.780. The first-order valence-electron chi connectivity index (χ1n) is 14.0. The third-order valence-corrected chi connectivity index (χ3v) is 6.04. The maximum Gasteiger partial charge on any atom is 0.0313 e. The minimum atomic E-state index is -1.54. The van der Waals surface area contributed by atoms with Crippen LogP contribution in [0, 0.1) is 0 Å². The predicted octanol–water partition coefficient (Wildman–Crippen LogP) is 7.95. The standard InChI is InChI=1S/C24H36/c1-3-7-19(8-4-1)21-11-15-23(16-12-21)24-17-13-22(14-18-24)20-9-5-2-6-10-20/h1-18H2/i7D2,8D2,9D2,10D2. The van der Waals surface area contributed by atoms with Crippen molar-refractivity contribution in [3.63, 3.8) is 0 Å². The van der Waals surface area contributed by atoms with Crippen molar-refractivity contribution in [2.45, 2.75) is 115 Å². The number of allylic oxidation sites excluding steroid dienone is 6. The highest BCUT2D eigenvalue weighted by Gasteiger charge is 2.21. The first-order valence-corrected chi connectivity index (χ1v) is 9.99. The molecule has 0 N–H and O–H groups in total. The van der Waals surface area contributed by atoms with E-state index in [2.05, 4.69) is 0 Å². The Balaban J connectivity index is 1.50. The van der Waals surface area contributed by atoms with Gasteiger partial charge >= 0.3 is 0 Å². The predicted molar refractivity (Wildman–Crippen MR) is 104 cm³/mol. The third kappa shape index (κ3) is 3.89. The zero-order valence-electron chi connectivity index (χ0n) is 22.9. The number of hydrogen-bond acceptors (Lipinski definition) is 0. The van der Waals surface area contributed by atoms with Crippen molar-refractivity contribution in [3.8, 4) is 0 Å². The van der Waals surface area contributed by atoms with Gasteiger partial charge in [0, 0.05) is 11.0 Å². The molecule has 0 heteroatoms. The van der Waals surface area contributed by atoms with Gasteiger partial charge in [0.2, 0.25) is 0 Å². The maximum absolute atomic E-state index is 8.40. The lowest BCUT2D eigenvalue weighted by atomic mass is 9.77. The summed E-state index contributed by atoms with van der Waals surface area (Å²) < 4.78 is 67.2. The zero-order valence-corrected chi connectivity index (χ0v) is 14.9. The highest BCUT2D eigenvalue weighted by atomic mass is 14.3. The molecule has 0 nitrogen and oxygen atoms in total. The monoisotopic (exact) mass is 332 g/mol. The van der Waals surface area contributed by atoms with Crippen LogP contribution in [0.4, 0.5) is 0 Å². The first-order chi connectivity index (χ1) is 14.8. The summed E-state index contributed by atoms with van der Waals surface area (Å²) >= 11 is 0. The Labute approximate surface area is 160 Å². The second-order valence-corrected chi connectivity index (χ2v) is 7.58. The van der Waals surface area contributed by atoms with E-state index in [1.807, 2.05) is 0 Å². The molecule has 4 rings (SSSR count). The molecular formula is C24H36. The summed E-state index contributed by atoms with van der Waals surface area (Å²) in [5.74, 6) is 0. The van der Waals surface area contributed by atoms with Crippen LogP contribution in [0.5, 0.6) is 0 Å². The fourth-order valence-electron chi connectivity index (χ4n) is 4.57. The highest BCUT2D eigenvalue weighted by molar-refractivity contribution is 5.29. The summed E-state index contributed by atoms with van der Waals surface area (Å²) in [7, 11) is 0. The molecule has 0 radical (unpaired) electrons. The second-order valence-electron chi connectivity index (χ2n) is 7.58. The molecule has 0 saturated heterocycles. The topological polar surface area (TPSA) is 0 Å². The van der Waals surface area contributed by atoms with E-state index in [0.717, 1.165) is 62.5 Å². The molecule has 4 aliphatic carbocycles. The lowest BCUT2D eigenvalue weighted by Crippen LogP contribution is -2.09. The average Bonchev–Trinajstić information content (AvgIpc) is 2.66. The summed E-state index contributed by atoms with van der Waals surface area (Å²) in [6.07, 6.45) is 3.15. The molecule has 0 amide bonds. The number of rotatable bonds is 0. The lowest BCUT2D eigenvalue weighted by Gasteiger charge is -2.29. The van der Waals surface area contributed by atoms with Crippen molar-refractivity contribution in [3.05, 3.63) is 33.4 Å². The van der Waals surface area contributed by atoms with E-state index < -0.39 is 25.5 Å². The van der Waals surface area contributed by atoms with Gasteiger partial charge in [0.15, 0.2) is 0 Å². The van der Waals surface area contributed by atoms with E-state index in [4.69, 9.17) is 11.0 Å². The summed E-state index contributed by atoms with van der Waals surface area (Å²) in [6.45, 7) is 0. The zero-order chi connectivity index (χ0) is 23.4. The molecule has 24 heavy (non-hydrogen) atoms. The van der Waals surface area contributed by atoms with Gasteiger partial charge < -0.3 is 0 Å². The first kappa shape index (κ1) is 9.79. The fraction of sp³-hybridized carbons (Fsp3) is 0.750. The third-order valence-electron chi connectivity index (χ3n) is 6.04. The highest BCUT2D eigenvalue weighted by Crippen LogP contribution is 2.41. The van der Waals surface area contributed by atoms with Crippen molar-refractivity contribution in [2.24, 2.45) is 0 Å². The molecule has 0 aliphatic heterocycles. The van der Waals surface area contributed by atoms with Crippen LogP contribution in [-0.2, 0) is 0 Å². The van der Waals surface area contributed by atoms with Gasteiger partial charge in [-0.3, -0.25) is 0 Å². The summed E-state index contributed by atoms with van der Waals surface area (Å²) in [5, 5.41) is 0. The van der Waals surface area contributed by atoms with Gasteiger partial charge in [-0.1, -0.05) is 46.3 Å². The van der Waals surface area contributed by atoms with Gasteiger partial charge in [0.05, 0.1) is 0 Å². The van der Waals surface area contributed by atoms with Gasteiger partial charge in [-0.25, -0.2) is 0 Å². The van der Waals surface area contributed by atoms with Crippen molar-refractivity contribution in [1.82, 2.24) is 0 Å². The van der Waals surface area contributed by atoms with Crippen molar-refractivity contribution >= 4 is 0 Å². The maximum atomic E-state index is 8.40. The molecule has 4 aliphatic rings. The second kappa shape index (κ2) is 8.07. The molecule has 0 unspecified atom stereocenters. The normalized spacial score (nSPS) is 40.3. The average molecular weight is 333 g/mol. The smallest absolute Gasteiger partial charge is 0.0313 e. The Kier molecular flexibility index (Phi) is 3.29. The SMILES string of the molecule is [2H]C1([2H])CCCC([2H])([2H])C1=C1CCC(=C2CCC(=C3C([2H])([2H])CCCC3([2H])[2H])CC2)CC1. The Bertz CT molecular complexity index is 729. The van der Waals surface area contributed by atoms with Crippen LogP contribution in [0.15, 0.2) is 33.4 Å². The van der Waals surface area contributed by atoms with Gasteiger partial charge in [0.25, 0.3) is 0 Å². The minimum Gasteiger partial charge on any atom is -0.0710 e. The molecule has 4 fully saturated rings. The van der Waals surface area contributed by atoms with Crippen molar-refractivity contribution in [1.29, 1.82) is 0 Å². The van der Waals surface area contributed by atoms with Crippen LogP contribution in [-0.4, -0.2) is 0 Å². The Morgan fingerprint density at radius 2 is 0.583 bits per heavy atom. The van der Waals surface area contributed by atoms with E-state index >= 15 is 0 Å². The largest absolute Gasteiger partial charge is 0.0710 e. The molecule has 0 aromatic rings. The van der Waals surface area contributed by atoms with Crippen LogP contribution < -0.4 is 0 Å². The Morgan fingerprint density at radius 3 is 0.875 bits per heavy atom. The summed E-state index contributed by atoms with van der Waals surface area (Å²) in [4.78, 5) is 0. The minimum absolute atomic E-state index is 0.414. The molecule has 0 heterocycles. The fourth-order valence-corrected chi connectivity index (χ4v) is 4.57. The number of hydrogen-bond donors (Lipinski definition) is 0. The molecule has 132 valence electrons. The van der Waals surface area contributed by atoms with E-state index in [1.165, 1.54) is 11.1 Å². The van der Waals surface area contributed by atoms with Crippen LogP contribution in [0.3, 0.4) is 0 Å². The van der Waals surface area contributed by atoms with E-state index in [9.17, 15) is 0 Å².